The van der Waals surface area contributed by atoms with Gasteiger partial charge in [0.15, 0.2) is 0 Å². The smallest absolute Gasteiger partial charge is 0.370 e. The van der Waals surface area contributed by atoms with Gasteiger partial charge in [0.25, 0.3) is 0 Å². The number of nitrogens with two attached hydrogens (primary N) is 1. The van der Waals surface area contributed by atoms with Crippen molar-refractivity contribution < 1.29 is 40.3 Å². The van der Waals surface area contributed by atoms with Gasteiger partial charge < -0.3 is 15.4 Å². The van der Waals surface area contributed by atoms with Crippen molar-refractivity contribution in [2.45, 2.75) is 69.1 Å². The van der Waals surface area contributed by atoms with Crippen LogP contribution in [0.3, 0.4) is 0 Å². The molecule has 1 heterocycles. The van der Waals surface area contributed by atoms with E-state index in [0.29, 0.717) is 43.5 Å². The third kappa shape index (κ3) is 6.48. The second-order valence-electron chi connectivity index (χ2n) is 10.2. The van der Waals surface area contributed by atoms with Crippen molar-refractivity contribution in [2.24, 2.45) is 11.7 Å². The van der Waals surface area contributed by atoms with Crippen LogP contribution in [-0.2, 0) is 21.9 Å². The van der Waals surface area contributed by atoms with Crippen molar-refractivity contribution in [3.8, 4) is 0 Å². The highest BCUT2D eigenvalue weighted by Gasteiger charge is 2.40. The van der Waals surface area contributed by atoms with E-state index in [1.807, 2.05) is 0 Å². The molecule has 4 nitrogen and oxygen atoms in total. The van der Waals surface area contributed by atoms with E-state index in [-0.39, 0.29) is 36.0 Å². The Bertz CT molecular complexity index is 1100. The molecule has 4 rings (SSSR count). The summed E-state index contributed by atoms with van der Waals surface area (Å²) in [4.78, 5) is 14.8. The maximum absolute atomic E-state index is 13.6. The number of hydrogen-bond donors (Lipinski definition) is 1. The van der Waals surface area contributed by atoms with Gasteiger partial charge in [-0.3, -0.25) is 4.79 Å². The number of ether oxygens (including phenoxy) is 1. The van der Waals surface area contributed by atoms with Crippen molar-refractivity contribution in [3.63, 3.8) is 0 Å². The van der Waals surface area contributed by atoms with Crippen molar-refractivity contribution in [1.82, 2.24) is 4.90 Å². The average Bonchev–Trinajstić information content (AvgIpc) is 3.29. The Balaban J connectivity index is 1.59. The van der Waals surface area contributed by atoms with Gasteiger partial charge >= 0.3 is 12.4 Å². The zero-order valence-corrected chi connectivity index (χ0v) is 20.7. The third-order valence-corrected chi connectivity index (χ3v) is 7.44. The van der Waals surface area contributed by atoms with Crippen LogP contribution >= 0.6 is 0 Å². The zero-order valence-electron chi connectivity index (χ0n) is 20.7. The maximum atomic E-state index is 13.6. The second kappa shape index (κ2) is 10.8. The fourth-order valence-corrected chi connectivity index (χ4v) is 5.38. The maximum Gasteiger partial charge on any atom is 0.416 e. The Hall–Kier alpha value is -2.66. The van der Waals surface area contributed by atoms with Crippen LogP contribution in [0.5, 0.6) is 0 Å². The summed E-state index contributed by atoms with van der Waals surface area (Å²) in [6.07, 6.45) is -9.35. The Morgan fingerprint density at radius 2 is 1.58 bits per heavy atom. The number of likely N-dealkylation sites (tertiary alicyclic amines) is 1. The monoisotopic (exact) mass is 546 g/mol. The summed E-state index contributed by atoms with van der Waals surface area (Å²) >= 11 is 0. The van der Waals surface area contributed by atoms with Crippen molar-refractivity contribution in [3.05, 3.63) is 70.5 Å². The summed E-state index contributed by atoms with van der Waals surface area (Å²) in [5.74, 6) is -1.16. The summed E-state index contributed by atoms with van der Waals surface area (Å²) in [6, 6.07) is 6.98. The second-order valence-corrected chi connectivity index (χ2v) is 10.2. The van der Waals surface area contributed by atoms with E-state index < -0.39 is 47.4 Å². The molecule has 1 amide bonds. The molecule has 2 aromatic carbocycles. The van der Waals surface area contributed by atoms with E-state index in [2.05, 4.69) is 0 Å². The lowest BCUT2D eigenvalue weighted by atomic mass is 9.86. The first kappa shape index (κ1) is 28.4. The molecule has 2 aromatic rings. The lowest BCUT2D eigenvalue weighted by Crippen LogP contribution is -2.47. The molecule has 0 bridgehead atoms. The number of carbonyl (C=O) groups excluding carboxylic acids is 1. The van der Waals surface area contributed by atoms with Gasteiger partial charge in [-0.05, 0) is 74.1 Å². The normalized spacial score (nSPS) is 25.4. The van der Waals surface area contributed by atoms with Crippen LogP contribution in [0.25, 0.3) is 0 Å². The molecule has 2 N–H and O–H groups in total. The first-order chi connectivity index (χ1) is 17.7. The van der Waals surface area contributed by atoms with Crippen molar-refractivity contribution in [2.75, 3.05) is 13.1 Å². The highest BCUT2D eigenvalue weighted by molar-refractivity contribution is 5.79. The summed E-state index contributed by atoms with van der Waals surface area (Å²) < 4.78 is 99.9. The Morgan fingerprint density at radius 1 is 0.974 bits per heavy atom. The molecule has 0 radical (unpaired) electrons. The molecule has 208 valence electrons. The van der Waals surface area contributed by atoms with E-state index in [0.717, 1.165) is 6.42 Å². The molecule has 1 aliphatic carbocycles. The molecule has 38 heavy (non-hydrogen) atoms. The molecule has 0 unspecified atom stereocenters. The standard InChI is InChI=1S/C27H29F7N2O2/c1-15(18-10-19(26(29,30)31)13-20(11-18)27(32,33)34)38-24-8-9-36(25(37)17-4-7-22(35)12-17)14-23(24)16-2-5-21(28)6-3-16/h2-3,5-6,10-11,13,15,17,22-24H,4,7-9,12,14,35H2,1H3/t15-,17-,22-,23-,24+/m1/s1. The Morgan fingerprint density at radius 3 is 2.11 bits per heavy atom. The van der Waals surface area contributed by atoms with Gasteiger partial charge in [0, 0.05) is 31.0 Å². The van der Waals surface area contributed by atoms with Crippen LogP contribution in [0.15, 0.2) is 42.5 Å². The molecule has 1 saturated carbocycles. The highest BCUT2D eigenvalue weighted by atomic mass is 19.4. The van der Waals surface area contributed by atoms with Crippen LogP contribution in [0.1, 0.15) is 66.9 Å². The number of carbonyl (C=O) groups is 1. The van der Waals surface area contributed by atoms with Gasteiger partial charge in [-0.15, -0.1) is 0 Å². The van der Waals surface area contributed by atoms with Gasteiger partial charge in [0.2, 0.25) is 5.91 Å². The summed E-state index contributed by atoms with van der Waals surface area (Å²) in [6.45, 7) is 1.94. The predicted molar refractivity (Wildman–Crippen MR) is 125 cm³/mol. The Labute approximate surface area is 215 Å². The first-order valence-electron chi connectivity index (χ1n) is 12.5. The number of piperidine rings is 1. The van der Waals surface area contributed by atoms with Crippen LogP contribution in [-0.4, -0.2) is 36.0 Å². The van der Waals surface area contributed by atoms with E-state index in [1.165, 1.54) is 19.1 Å². The molecule has 0 spiro atoms. The van der Waals surface area contributed by atoms with Gasteiger partial charge in [-0.25, -0.2) is 4.39 Å². The predicted octanol–water partition coefficient (Wildman–Crippen LogP) is 6.45. The number of rotatable bonds is 5. The van der Waals surface area contributed by atoms with Gasteiger partial charge in [-0.1, -0.05) is 12.1 Å². The number of nitrogens with zero attached hydrogens (tertiary/aromatic N) is 1. The highest BCUT2D eigenvalue weighted by Crippen LogP contribution is 2.40. The lowest BCUT2D eigenvalue weighted by molar-refractivity contribution is -0.143. The number of halogens is 7. The summed E-state index contributed by atoms with van der Waals surface area (Å²) in [5, 5.41) is 0. The molecule has 1 saturated heterocycles. The van der Waals surface area contributed by atoms with Crippen LogP contribution in [0, 0.1) is 11.7 Å². The zero-order chi connectivity index (χ0) is 27.8. The van der Waals surface area contributed by atoms with E-state index in [9.17, 15) is 35.5 Å². The minimum Gasteiger partial charge on any atom is -0.370 e. The summed E-state index contributed by atoms with van der Waals surface area (Å²) in [5.41, 5.74) is 3.53. The molecular weight excluding hydrogens is 517 g/mol. The lowest BCUT2D eigenvalue weighted by Gasteiger charge is -2.41. The van der Waals surface area contributed by atoms with Crippen molar-refractivity contribution >= 4 is 5.91 Å². The molecule has 5 atom stereocenters. The van der Waals surface area contributed by atoms with Crippen LogP contribution < -0.4 is 5.73 Å². The fraction of sp³-hybridized carbons (Fsp3) is 0.519. The number of amides is 1. The van der Waals surface area contributed by atoms with Crippen LogP contribution in [0.2, 0.25) is 0 Å². The van der Waals surface area contributed by atoms with Crippen LogP contribution in [0.4, 0.5) is 30.7 Å². The minimum absolute atomic E-state index is 0.0346. The molecule has 2 aliphatic rings. The third-order valence-electron chi connectivity index (χ3n) is 7.44. The Kier molecular flexibility index (Phi) is 8.09. The number of alkyl halides is 6. The van der Waals surface area contributed by atoms with Gasteiger partial charge in [-0.2, -0.15) is 26.3 Å². The molecule has 1 aliphatic heterocycles. The average molecular weight is 547 g/mol. The molecule has 2 fully saturated rings. The minimum atomic E-state index is -4.97. The topological polar surface area (TPSA) is 55.6 Å². The van der Waals surface area contributed by atoms with E-state index in [1.54, 1.807) is 17.0 Å². The van der Waals surface area contributed by atoms with E-state index >= 15 is 0 Å². The SMILES string of the molecule is C[C@@H](O[C@H]1CCN(C(=O)[C@@H]2CC[C@@H](N)C2)C[C@@H]1c1ccc(F)cc1)c1cc(C(F)(F)F)cc(C(F)(F)F)c1. The quantitative estimate of drug-likeness (QED) is 0.439. The van der Waals surface area contributed by atoms with Gasteiger partial charge in [0.1, 0.15) is 5.82 Å². The fourth-order valence-electron chi connectivity index (χ4n) is 5.38. The molecule has 0 aromatic heterocycles. The number of hydrogen-bond acceptors (Lipinski definition) is 3. The van der Waals surface area contributed by atoms with E-state index in [4.69, 9.17) is 10.5 Å². The number of benzene rings is 2. The largest absolute Gasteiger partial charge is 0.416 e. The molecular formula is C27H29F7N2O2. The van der Waals surface area contributed by atoms with Gasteiger partial charge in [0.05, 0.1) is 23.3 Å². The first-order valence-corrected chi connectivity index (χ1v) is 12.5. The summed E-state index contributed by atoms with van der Waals surface area (Å²) in [7, 11) is 0. The van der Waals surface area contributed by atoms with Crippen molar-refractivity contribution in [1.29, 1.82) is 0 Å². The molecule has 11 heteroatoms.